The lowest BCUT2D eigenvalue weighted by Crippen LogP contribution is -2.51. The van der Waals surface area contributed by atoms with E-state index >= 15 is 0 Å². The normalized spacial score (nSPS) is 27.8. The van der Waals surface area contributed by atoms with Crippen LogP contribution in [0.5, 0.6) is 0 Å². The minimum atomic E-state index is -0.00749. The minimum Gasteiger partial charge on any atom is -0.356 e. The van der Waals surface area contributed by atoms with Gasteiger partial charge in [0.25, 0.3) is 5.91 Å². The van der Waals surface area contributed by atoms with E-state index < -0.39 is 0 Å². The van der Waals surface area contributed by atoms with E-state index in [0.29, 0.717) is 5.25 Å². The van der Waals surface area contributed by atoms with Crippen LogP contribution in [0.4, 0.5) is 0 Å². The molecule has 5 nitrogen and oxygen atoms in total. The van der Waals surface area contributed by atoms with E-state index in [4.69, 9.17) is 0 Å². The lowest BCUT2D eigenvalue weighted by atomic mass is 9.84. The molecular weight excluding hydrogens is 418 g/mol. The lowest BCUT2D eigenvalue weighted by Gasteiger charge is -2.39. The first-order valence-electron chi connectivity index (χ1n) is 12.3. The van der Waals surface area contributed by atoms with Crippen molar-refractivity contribution < 1.29 is 9.59 Å². The van der Waals surface area contributed by atoms with E-state index in [2.05, 4.69) is 22.6 Å². The number of nitrogens with zero attached hydrogens (tertiary/aromatic N) is 1. The smallest absolute Gasteiger partial charge is 0.257 e. The molecule has 0 aromatic heterocycles. The van der Waals surface area contributed by atoms with Gasteiger partial charge in [-0.1, -0.05) is 49.6 Å². The molecule has 1 aliphatic heterocycles. The van der Waals surface area contributed by atoms with Crippen molar-refractivity contribution >= 4 is 29.7 Å². The van der Waals surface area contributed by atoms with Crippen molar-refractivity contribution in [2.75, 3.05) is 20.1 Å². The van der Waals surface area contributed by atoms with Crippen molar-refractivity contribution in [3.05, 3.63) is 40.8 Å². The molecule has 2 N–H and O–H groups in total. The number of fused-ring (bicyclic) bond motifs is 1. The summed E-state index contributed by atoms with van der Waals surface area (Å²) in [6.07, 6.45) is 12.3. The largest absolute Gasteiger partial charge is 0.356 e. The maximum atomic E-state index is 12.8. The predicted molar refractivity (Wildman–Crippen MR) is 132 cm³/mol. The van der Waals surface area contributed by atoms with Crippen LogP contribution in [0.3, 0.4) is 0 Å². The first kappa shape index (κ1) is 23.4. The van der Waals surface area contributed by atoms with Crippen LogP contribution < -0.4 is 10.6 Å². The van der Waals surface area contributed by atoms with E-state index in [1.165, 1.54) is 32.1 Å². The van der Waals surface area contributed by atoms with Crippen LogP contribution in [0.1, 0.15) is 63.4 Å². The van der Waals surface area contributed by atoms with Gasteiger partial charge in [0.2, 0.25) is 5.91 Å². The third kappa shape index (κ3) is 6.16. The molecule has 6 heteroatoms. The summed E-state index contributed by atoms with van der Waals surface area (Å²) in [6.45, 7) is 1.79. The van der Waals surface area contributed by atoms with Gasteiger partial charge in [0, 0.05) is 29.8 Å². The fourth-order valence-corrected chi connectivity index (χ4v) is 6.61. The van der Waals surface area contributed by atoms with Crippen molar-refractivity contribution in [1.82, 2.24) is 15.5 Å². The van der Waals surface area contributed by atoms with Gasteiger partial charge in [-0.05, 0) is 63.8 Å². The van der Waals surface area contributed by atoms with Crippen molar-refractivity contribution in [2.24, 2.45) is 5.92 Å². The highest BCUT2D eigenvalue weighted by Crippen LogP contribution is 2.39. The number of nitrogens with one attached hydrogen (secondary N) is 2. The van der Waals surface area contributed by atoms with Crippen molar-refractivity contribution in [3.63, 3.8) is 0 Å². The van der Waals surface area contributed by atoms with E-state index in [9.17, 15) is 9.59 Å². The van der Waals surface area contributed by atoms with E-state index in [1.807, 2.05) is 36.4 Å². The standard InChI is InChI=1S/C26H37N3O2S/c1-29(21-11-6-3-7-12-21)16-8-15-27-25(30)20-13-14-23-22(18-20)28-26(31)24(32-23)17-19-9-4-2-5-10-19/h2,4-5,9-10,17,20-23H,3,6-8,11-16,18H2,1H3,(H,27,30)(H,28,31)/b24-17-. The van der Waals surface area contributed by atoms with Crippen LogP contribution in [0.2, 0.25) is 0 Å². The van der Waals surface area contributed by atoms with Gasteiger partial charge in [0.15, 0.2) is 0 Å². The average molecular weight is 456 g/mol. The van der Waals surface area contributed by atoms with Gasteiger partial charge in [0.05, 0.1) is 4.91 Å². The number of hydrogen-bond acceptors (Lipinski definition) is 4. The maximum Gasteiger partial charge on any atom is 0.257 e. The first-order chi connectivity index (χ1) is 15.6. The van der Waals surface area contributed by atoms with Crippen LogP contribution in [0.25, 0.3) is 6.08 Å². The number of benzene rings is 1. The predicted octanol–water partition coefficient (Wildman–Crippen LogP) is 4.20. The summed E-state index contributed by atoms with van der Waals surface area (Å²) in [6, 6.07) is 10.8. The zero-order valence-corrected chi connectivity index (χ0v) is 20.0. The number of rotatable bonds is 7. The van der Waals surface area contributed by atoms with Crippen molar-refractivity contribution in [1.29, 1.82) is 0 Å². The van der Waals surface area contributed by atoms with Crippen molar-refractivity contribution in [3.8, 4) is 0 Å². The minimum absolute atomic E-state index is 0.00729. The highest BCUT2D eigenvalue weighted by Gasteiger charge is 2.39. The molecule has 174 valence electrons. The third-order valence-corrected chi connectivity index (χ3v) is 8.68. The Kier molecular flexibility index (Phi) is 8.31. The van der Waals surface area contributed by atoms with Crippen LogP contribution in [0.15, 0.2) is 35.2 Å². The molecule has 1 saturated heterocycles. The molecule has 2 aliphatic carbocycles. The third-order valence-electron chi connectivity index (χ3n) is 7.26. The Morgan fingerprint density at radius 3 is 2.72 bits per heavy atom. The van der Waals surface area contributed by atoms with Gasteiger partial charge in [-0.2, -0.15) is 0 Å². The zero-order chi connectivity index (χ0) is 22.3. The highest BCUT2D eigenvalue weighted by atomic mass is 32.2. The monoisotopic (exact) mass is 455 g/mol. The molecule has 0 radical (unpaired) electrons. The molecule has 1 aromatic carbocycles. The molecule has 0 bridgehead atoms. The van der Waals surface area contributed by atoms with Crippen LogP contribution in [-0.4, -0.2) is 54.2 Å². The molecule has 32 heavy (non-hydrogen) atoms. The fourth-order valence-electron chi connectivity index (χ4n) is 5.32. The summed E-state index contributed by atoms with van der Waals surface area (Å²) in [7, 11) is 2.23. The Morgan fingerprint density at radius 2 is 1.94 bits per heavy atom. The van der Waals surface area contributed by atoms with Crippen LogP contribution in [0, 0.1) is 5.92 Å². The van der Waals surface area contributed by atoms with Gasteiger partial charge in [-0.25, -0.2) is 0 Å². The summed E-state index contributed by atoms with van der Waals surface area (Å²) in [5.41, 5.74) is 1.05. The fraction of sp³-hybridized carbons (Fsp3) is 0.615. The van der Waals surface area contributed by atoms with Crippen LogP contribution >= 0.6 is 11.8 Å². The quantitative estimate of drug-likeness (QED) is 0.478. The molecular formula is C26H37N3O2S. The maximum absolute atomic E-state index is 12.8. The van der Waals surface area contributed by atoms with Crippen molar-refractivity contribution in [2.45, 2.75) is 75.1 Å². The van der Waals surface area contributed by atoms with E-state index in [1.54, 1.807) is 11.8 Å². The van der Waals surface area contributed by atoms with Crippen LogP contribution in [-0.2, 0) is 9.59 Å². The highest BCUT2D eigenvalue weighted by molar-refractivity contribution is 8.04. The molecule has 0 spiro atoms. The SMILES string of the molecule is CN(CCCNC(=O)C1CCC2S/C(=C\c3ccccc3)C(=O)NC2C1)C1CCCCC1. The molecule has 3 fully saturated rings. The van der Waals surface area contributed by atoms with Gasteiger partial charge in [-0.3, -0.25) is 9.59 Å². The second kappa shape index (κ2) is 11.4. The number of hydrogen-bond donors (Lipinski definition) is 2. The number of carbonyl (C=O) groups excluding carboxylic acids is 2. The Hall–Kier alpha value is -1.79. The molecule has 3 aliphatic rings. The number of amides is 2. The zero-order valence-electron chi connectivity index (χ0n) is 19.2. The Bertz CT molecular complexity index is 807. The van der Waals surface area contributed by atoms with Gasteiger partial charge in [-0.15, -0.1) is 11.8 Å². The molecule has 2 amide bonds. The summed E-state index contributed by atoms with van der Waals surface area (Å²) in [5.74, 6) is 0.161. The molecule has 3 atom stereocenters. The summed E-state index contributed by atoms with van der Waals surface area (Å²) < 4.78 is 0. The molecule has 1 aromatic rings. The lowest BCUT2D eigenvalue weighted by molar-refractivity contribution is -0.127. The van der Waals surface area contributed by atoms with E-state index in [0.717, 1.165) is 55.3 Å². The Morgan fingerprint density at radius 1 is 1.16 bits per heavy atom. The molecule has 4 rings (SSSR count). The molecule has 3 unspecified atom stereocenters. The Labute approximate surface area is 196 Å². The summed E-state index contributed by atoms with van der Waals surface area (Å²) in [4.78, 5) is 28.6. The average Bonchev–Trinajstić information content (AvgIpc) is 2.83. The second-order valence-electron chi connectivity index (χ2n) is 9.58. The summed E-state index contributed by atoms with van der Waals surface area (Å²) >= 11 is 1.68. The van der Waals surface area contributed by atoms with Gasteiger partial charge >= 0.3 is 0 Å². The second-order valence-corrected chi connectivity index (χ2v) is 10.9. The van der Waals surface area contributed by atoms with Gasteiger partial charge in [0.1, 0.15) is 0 Å². The number of thioether (sulfide) groups is 1. The topological polar surface area (TPSA) is 61.4 Å². The molecule has 2 saturated carbocycles. The van der Waals surface area contributed by atoms with Gasteiger partial charge < -0.3 is 15.5 Å². The Balaban J connectivity index is 1.20. The van der Waals surface area contributed by atoms with E-state index in [-0.39, 0.29) is 23.8 Å². The number of carbonyl (C=O) groups is 2. The summed E-state index contributed by atoms with van der Waals surface area (Å²) in [5, 5.41) is 6.70. The first-order valence-corrected chi connectivity index (χ1v) is 13.2. The molecule has 1 heterocycles.